The molecule has 0 fully saturated rings. The molecule has 4 heteroatoms. The first-order valence-electron chi connectivity index (χ1n) is 5.96. The molecule has 1 aromatic heterocycles. The zero-order valence-electron chi connectivity index (χ0n) is 10.6. The number of carbonyl (C=O) groups is 1. The van der Waals surface area contributed by atoms with E-state index in [1.54, 1.807) is 6.20 Å². The van der Waals surface area contributed by atoms with Gasteiger partial charge in [0, 0.05) is 18.8 Å². The van der Waals surface area contributed by atoms with Crippen LogP contribution in [0.3, 0.4) is 0 Å². The van der Waals surface area contributed by atoms with Crippen molar-refractivity contribution in [2.24, 2.45) is 5.92 Å². The number of aromatic nitrogens is 1. The minimum absolute atomic E-state index is 0.132. The predicted molar refractivity (Wildman–Crippen MR) is 66.5 cm³/mol. The zero-order valence-corrected chi connectivity index (χ0v) is 10.6. The molecule has 4 nitrogen and oxygen atoms in total. The molecule has 0 amide bonds. The number of ether oxygens (including phenoxy) is 1. The molecule has 1 unspecified atom stereocenters. The Kier molecular flexibility index (Phi) is 5.63. The van der Waals surface area contributed by atoms with E-state index in [9.17, 15) is 4.79 Å². The fraction of sp³-hybridized carbons (Fsp3) is 0.538. The largest absolute Gasteiger partial charge is 0.466 e. The van der Waals surface area contributed by atoms with Gasteiger partial charge in [-0.15, -0.1) is 0 Å². The van der Waals surface area contributed by atoms with Crippen LogP contribution in [-0.4, -0.2) is 24.1 Å². The highest BCUT2D eigenvalue weighted by atomic mass is 16.5. The van der Waals surface area contributed by atoms with Gasteiger partial charge in [0.2, 0.25) is 0 Å². The van der Waals surface area contributed by atoms with E-state index in [0.29, 0.717) is 13.2 Å². The summed E-state index contributed by atoms with van der Waals surface area (Å²) in [5.41, 5.74) is 0.976. The second-order valence-electron chi connectivity index (χ2n) is 4.04. The number of pyridine rings is 1. The van der Waals surface area contributed by atoms with Gasteiger partial charge in [-0.3, -0.25) is 9.78 Å². The fourth-order valence-corrected chi connectivity index (χ4v) is 1.46. The molecule has 0 aliphatic carbocycles. The first kappa shape index (κ1) is 13.6. The van der Waals surface area contributed by atoms with Crippen LogP contribution in [0.4, 0.5) is 0 Å². The van der Waals surface area contributed by atoms with E-state index in [-0.39, 0.29) is 17.9 Å². The van der Waals surface area contributed by atoms with Gasteiger partial charge in [0.05, 0.1) is 18.2 Å². The molecule has 0 aliphatic heterocycles. The van der Waals surface area contributed by atoms with Crippen LogP contribution in [0.15, 0.2) is 24.4 Å². The summed E-state index contributed by atoms with van der Waals surface area (Å²) in [6, 6.07) is 5.94. The SMILES string of the molecule is CCOC(=O)C(C)CN[C@@H](C)c1ccccn1. The Balaban J connectivity index is 2.38. The van der Waals surface area contributed by atoms with Crippen LogP contribution in [0.2, 0.25) is 0 Å². The number of hydrogen-bond donors (Lipinski definition) is 1. The molecule has 17 heavy (non-hydrogen) atoms. The maximum absolute atomic E-state index is 11.4. The van der Waals surface area contributed by atoms with Crippen LogP contribution >= 0.6 is 0 Å². The van der Waals surface area contributed by atoms with E-state index >= 15 is 0 Å². The molecule has 1 aromatic rings. The maximum atomic E-state index is 11.4. The fourth-order valence-electron chi connectivity index (χ4n) is 1.46. The van der Waals surface area contributed by atoms with Crippen molar-refractivity contribution in [1.29, 1.82) is 0 Å². The van der Waals surface area contributed by atoms with Crippen LogP contribution in [0, 0.1) is 5.92 Å². The van der Waals surface area contributed by atoms with Gasteiger partial charge in [0.15, 0.2) is 0 Å². The quantitative estimate of drug-likeness (QED) is 0.767. The predicted octanol–water partition coefficient (Wildman–Crippen LogP) is 1.93. The van der Waals surface area contributed by atoms with E-state index in [0.717, 1.165) is 5.69 Å². The Morgan fingerprint density at radius 2 is 2.24 bits per heavy atom. The van der Waals surface area contributed by atoms with Crippen LogP contribution in [0.25, 0.3) is 0 Å². The minimum Gasteiger partial charge on any atom is -0.466 e. The van der Waals surface area contributed by atoms with Crippen molar-refractivity contribution >= 4 is 5.97 Å². The van der Waals surface area contributed by atoms with Crippen LogP contribution in [0.1, 0.15) is 32.5 Å². The summed E-state index contributed by atoms with van der Waals surface area (Å²) in [6.45, 7) is 6.72. The highest BCUT2D eigenvalue weighted by Gasteiger charge is 2.15. The lowest BCUT2D eigenvalue weighted by Crippen LogP contribution is -2.30. The number of carbonyl (C=O) groups excluding carboxylic acids is 1. The average Bonchev–Trinajstić information content (AvgIpc) is 2.36. The van der Waals surface area contributed by atoms with Gasteiger partial charge in [-0.2, -0.15) is 0 Å². The summed E-state index contributed by atoms with van der Waals surface area (Å²) in [6.07, 6.45) is 1.77. The van der Waals surface area contributed by atoms with E-state index in [1.807, 2.05) is 39.0 Å². The number of rotatable bonds is 6. The molecule has 1 N–H and O–H groups in total. The van der Waals surface area contributed by atoms with Gasteiger partial charge >= 0.3 is 5.97 Å². The molecule has 0 spiro atoms. The van der Waals surface area contributed by atoms with Crippen molar-refractivity contribution in [1.82, 2.24) is 10.3 Å². The third-order valence-corrected chi connectivity index (χ3v) is 2.55. The normalized spacial score (nSPS) is 14.1. The molecular weight excluding hydrogens is 216 g/mol. The molecule has 0 aliphatic rings. The van der Waals surface area contributed by atoms with Crippen LogP contribution in [-0.2, 0) is 9.53 Å². The smallest absolute Gasteiger partial charge is 0.309 e. The lowest BCUT2D eigenvalue weighted by atomic mass is 10.1. The topological polar surface area (TPSA) is 51.2 Å². The number of esters is 1. The molecule has 1 rings (SSSR count). The van der Waals surface area contributed by atoms with Crippen molar-refractivity contribution in [3.63, 3.8) is 0 Å². The Labute approximate surface area is 102 Å². The number of nitrogens with zero attached hydrogens (tertiary/aromatic N) is 1. The Morgan fingerprint density at radius 3 is 2.82 bits per heavy atom. The summed E-state index contributed by atoms with van der Waals surface area (Å²) >= 11 is 0. The highest BCUT2D eigenvalue weighted by Crippen LogP contribution is 2.08. The monoisotopic (exact) mass is 236 g/mol. The van der Waals surface area contributed by atoms with Crippen molar-refractivity contribution < 1.29 is 9.53 Å². The Hall–Kier alpha value is -1.42. The van der Waals surface area contributed by atoms with Gasteiger partial charge in [-0.1, -0.05) is 13.0 Å². The van der Waals surface area contributed by atoms with Gasteiger partial charge in [-0.25, -0.2) is 0 Å². The molecule has 0 saturated carbocycles. The Bertz CT molecular complexity index is 341. The second kappa shape index (κ2) is 7.01. The summed E-state index contributed by atoms with van der Waals surface area (Å²) in [4.78, 5) is 15.7. The second-order valence-corrected chi connectivity index (χ2v) is 4.04. The van der Waals surface area contributed by atoms with Crippen LogP contribution < -0.4 is 5.32 Å². The molecule has 0 aromatic carbocycles. The van der Waals surface area contributed by atoms with Crippen LogP contribution in [0.5, 0.6) is 0 Å². The highest BCUT2D eigenvalue weighted by molar-refractivity contribution is 5.72. The molecule has 2 atom stereocenters. The molecule has 94 valence electrons. The van der Waals surface area contributed by atoms with Gasteiger partial charge in [0.25, 0.3) is 0 Å². The van der Waals surface area contributed by atoms with Gasteiger partial charge < -0.3 is 10.1 Å². The van der Waals surface area contributed by atoms with E-state index in [4.69, 9.17) is 4.74 Å². The van der Waals surface area contributed by atoms with Gasteiger partial charge in [-0.05, 0) is 26.0 Å². The Morgan fingerprint density at radius 1 is 1.47 bits per heavy atom. The van der Waals surface area contributed by atoms with Crippen molar-refractivity contribution in [2.45, 2.75) is 26.8 Å². The number of nitrogens with one attached hydrogen (secondary N) is 1. The first-order chi connectivity index (χ1) is 8.15. The third kappa shape index (κ3) is 4.53. The molecule has 0 radical (unpaired) electrons. The summed E-state index contributed by atoms with van der Waals surface area (Å²) < 4.78 is 4.95. The molecule has 0 saturated heterocycles. The lowest BCUT2D eigenvalue weighted by molar-refractivity contribution is -0.147. The molecule has 1 heterocycles. The van der Waals surface area contributed by atoms with E-state index in [2.05, 4.69) is 10.3 Å². The molecule has 0 bridgehead atoms. The minimum atomic E-state index is -0.159. The summed E-state index contributed by atoms with van der Waals surface area (Å²) in [5, 5.41) is 3.27. The lowest BCUT2D eigenvalue weighted by Gasteiger charge is -2.16. The van der Waals surface area contributed by atoms with Crippen molar-refractivity contribution in [2.75, 3.05) is 13.2 Å². The summed E-state index contributed by atoms with van der Waals surface area (Å²) in [5.74, 6) is -0.297. The standard InChI is InChI=1S/C13H20N2O2/c1-4-17-13(16)10(2)9-15-11(3)12-7-5-6-8-14-12/h5-8,10-11,15H,4,9H2,1-3H3/t10?,11-/m0/s1. The van der Waals surface area contributed by atoms with Gasteiger partial charge in [0.1, 0.15) is 0 Å². The van der Waals surface area contributed by atoms with E-state index < -0.39 is 0 Å². The maximum Gasteiger partial charge on any atom is 0.309 e. The molecular formula is C13H20N2O2. The zero-order chi connectivity index (χ0) is 12.7. The average molecular weight is 236 g/mol. The number of hydrogen-bond acceptors (Lipinski definition) is 4. The van der Waals surface area contributed by atoms with E-state index in [1.165, 1.54) is 0 Å². The third-order valence-electron chi connectivity index (χ3n) is 2.55. The van der Waals surface area contributed by atoms with Crippen molar-refractivity contribution in [3.8, 4) is 0 Å². The first-order valence-corrected chi connectivity index (χ1v) is 5.96. The van der Waals surface area contributed by atoms with Crippen molar-refractivity contribution in [3.05, 3.63) is 30.1 Å². The summed E-state index contributed by atoms with van der Waals surface area (Å²) in [7, 11) is 0.